The van der Waals surface area contributed by atoms with Gasteiger partial charge in [-0.25, -0.2) is 0 Å². The molecule has 3 atom stereocenters. The van der Waals surface area contributed by atoms with Crippen molar-refractivity contribution in [2.24, 2.45) is 0 Å². The van der Waals surface area contributed by atoms with E-state index in [0.29, 0.717) is 25.3 Å². The molecule has 2 aliphatic rings. The summed E-state index contributed by atoms with van der Waals surface area (Å²) in [6, 6.07) is 9.19. The summed E-state index contributed by atoms with van der Waals surface area (Å²) in [6.07, 6.45) is -1.57. The number of rotatable bonds is 11. The number of aliphatic hydroxyl groups is 1. The number of fused-ring (bicyclic) bond motifs is 2. The number of hydrogen-bond donors (Lipinski definition) is 1. The molecule has 4 rings (SSSR count). The number of benzene rings is 2. The van der Waals surface area contributed by atoms with Crippen LogP contribution in [0.4, 0.5) is 13.2 Å². The van der Waals surface area contributed by atoms with Gasteiger partial charge in [-0.1, -0.05) is 6.07 Å². The van der Waals surface area contributed by atoms with Crippen LogP contribution in [0.3, 0.4) is 0 Å². The first kappa shape index (κ1) is 29.4. The molecule has 2 aromatic rings. The van der Waals surface area contributed by atoms with Gasteiger partial charge in [0.15, 0.2) is 0 Å². The Kier molecular flexibility index (Phi) is 9.24. The van der Waals surface area contributed by atoms with Crippen LogP contribution >= 0.6 is 0 Å². The molecule has 1 N–H and O–H groups in total. The Morgan fingerprint density at radius 3 is 2.38 bits per heavy atom. The number of piperazine rings is 1. The average Bonchev–Trinajstić information content (AvgIpc) is 3.51. The molecular formula is C30H40F3N3O3. The van der Waals surface area contributed by atoms with Crippen LogP contribution in [-0.2, 0) is 6.18 Å². The van der Waals surface area contributed by atoms with Gasteiger partial charge in [0, 0.05) is 43.3 Å². The first-order valence-corrected chi connectivity index (χ1v) is 13.8. The van der Waals surface area contributed by atoms with Gasteiger partial charge in [-0.2, -0.15) is 13.2 Å². The topological polar surface area (TPSA) is 56.3 Å². The molecule has 2 heterocycles. The predicted octanol–water partition coefficient (Wildman–Crippen LogP) is 5.07. The summed E-state index contributed by atoms with van der Waals surface area (Å²) < 4.78 is 44.8. The standard InChI is InChI=1S/C30H40F3N3O3/c1-20-21(2)28(39-16-6-5-13-34(4)14-15-37)12-11-27(20)22(3)35-18-26-17-25(35)19-36(26)29(38)23-7-9-24(10-8-23)30(31,32)33/h7-12,22,25-26,37H,5-6,13-19H2,1-4H3/t22-,25+,26+/m0/s1. The SMILES string of the molecule is Cc1c(OCCCCN(C)CCO)ccc([C@H](C)N2C[C@H]3C[C@@H]2CN3C(=O)c2ccc(C(F)(F)F)cc2)c1C. The van der Waals surface area contributed by atoms with E-state index < -0.39 is 11.7 Å². The zero-order valence-corrected chi connectivity index (χ0v) is 23.3. The van der Waals surface area contributed by atoms with Crippen molar-refractivity contribution in [2.75, 3.05) is 46.4 Å². The Bertz CT molecular complexity index is 1140. The monoisotopic (exact) mass is 547 g/mol. The van der Waals surface area contributed by atoms with Gasteiger partial charge >= 0.3 is 6.18 Å². The van der Waals surface area contributed by atoms with Gasteiger partial charge in [0.2, 0.25) is 0 Å². The van der Waals surface area contributed by atoms with Crippen molar-refractivity contribution in [3.8, 4) is 5.75 Å². The number of halogens is 3. The van der Waals surface area contributed by atoms with Crippen LogP contribution in [-0.4, -0.2) is 84.2 Å². The number of likely N-dealkylation sites (N-methyl/N-ethyl adjacent to an activating group) is 1. The maximum Gasteiger partial charge on any atom is 0.416 e. The van der Waals surface area contributed by atoms with Gasteiger partial charge in [-0.15, -0.1) is 0 Å². The number of amides is 1. The fourth-order valence-electron chi connectivity index (χ4n) is 5.94. The van der Waals surface area contributed by atoms with Crippen molar-refractivity contribution < 1.29 is 27.8 Å². The molecule has 214 valence electrons. The summed E-state index contributed by atoms with van der Waals surface area (Å²) in [5.41, 5.74) is 3.16. The zero-order chi connectivity index (χ0) is 28.3. The zero-order valence-electron chi connectivity index (χ0n) is 23.3. The summed E-state index contributed by atoms with van der Waals surface area (Å²) >= 11 is 0. The molecule has 1 amide bonds. The number of alkyl halides is 3. The molecule has 39 heavy (non-hydrogen) atoms. The molecule has 0 aliphatic carbocycles. The second-order valence-electron chi connectivity index (χ2n) is 10.9. The van der Waals surface area contributed by atoms with Crippen LogP contribution in [0, 0.1) is 13.8 Å². The van der Waals surface area contributed by atoms with Crippen LogP contribution in [0.2, 0.25) is 0 Å². The van der Waals surface area contributed by atoms with Crippen molar-refractivity contribution in [3.05, 3.63) is 64.2 Å². The maximum atomic E-state index is 13.1. The van der Waals surface area contributed by atoms with E-state index in [1.165, 1.54) is 23.3 Å². The van der Waals surface area contributed by atoms with E-state index >= 15 is 0 Å². The second-order valence-corrected chi connectivity index (χ2v) is 10.9. The Balaban J connectivity index is 1.32. The molecule has 2 aromatic carbocycles. The van der Waals surface area contributed by atoms with E-state index in [2.05, 4.69) is 42.7 Å². The fourth-order valence-corrected chi connectivity index (χ4v) is 5.94. The smallest absolute Gasteiger partial charge is 0.416 e. The predicted molar refractivity (Wildman–Crippen MR) is 145 cm³/mol. The van der Waals surface area contributed by atoms with Crippen molar-refractivity contribution in [3.63, 3.8) is 0 Å². The molecule has 0 saturated carbocycles. The van der Waals surface area contributed by atoms with Crippen molar-refractivity contribution >= 4 is 5.91 Å². The summed E-state index contributed by atoms with van der Waals surface area (Å²) in [5, 5.41) is 9.00. The Labute approximate surface area is 229 Å². The maximum absolute atomic E-state index is 13.1. The van der Waals surface area contributed by atoms with Crippen LogP contribution in [0.5, 0.6) is 5.75 Å². The number of likely N-dealkylation sites (tertiary alicyclic amines) is 2. The summed E-state index contributed by atoms with van der Waals surface area (Å²) in [6.45, 7) is 10.2. The van der Waals surface area contributed by atoms with E-state index in [1.807, 2.05) is 11.9 Å². The highest BCUT2D eigenvalue weighted by molar-refractivity contribution is 5.94. The van der Waals surface area contributed by atoms with Gasteiger partial charge < -0.3 is 19.6 Å². The molecule has 2 saturated heterocycles. The number of nitrogens with zero attached hydrogens (tertiary/aromatic N) is 3. The molecule has 9 heteroatoms. The van der Waals surface area contributed by atoms with Gasteiger partial charge in [-0.05, 0) is 101 Å². The summed E-state index contributed by atoms with van der Waals surface area (Å²) in [7, 11) is 2.01. The van der Waals surface area contributed by atoms with Crippen molar-refractivity contribution in [1.29, 1.82) is 0 Å². The second kappa shape index (κ2) is 12.3. The molecule has 2 bridgehead atoms. The van der Waals surface area contributed by atoms with Gasteiger partial charge in [0.05, 0.1) is 18.8 Å². The lowest BCUT2D eigenvalue weighted by molar-refractivity contribution is -0.137. The van der Waals surface area contributed by atoms with Gasteiger partial charge in [-0.3, -0.25) is 9.69 Å². The normalized spacial score (nSPS) is 20.2. The molecule has 0 radical (unpaired) electrons. The Morgan fingerprint density at radius 2 is 1.77 bits per heavy atom. The molecular weight excluding hydrogens is 507 g/mol. The highest BCUT2D eigenvalue weighted by atomic mass is 19.4. The average molecular weight is 548 g/mol. The number of hydrogen-bond acceptors (Lipinski definition) is 5. The number of carbonyl (C=O) groups excluding carboxylic acids is 1. The first-order chi connectivity index (χ1) is 18.5. The molecule has 2 fully saturated rings. The molecule has 0 aromatic heterocycles. The van der Waals surface area contributed by atoms with Crippen LogP contribution in [0.25, 0.3) is 0 Å². The Morgan fingerprint density at radius 1 is 1.05 bits per heavy atom. The minimum atomic E-state index is -4.41. The third-order valence-corrected chi connectivity index (χ3v) is 8.40. The fraction of sp³-hybridized carbons (Fsp3) is 0.567. The largest absolute Gasteiger partial charge is 0.493 e. The van der Waals surface area contributed by atoms with E-state index in [0.717, 1.165) is 55.8 Å². The highest BCUT2D eigenvalue weighted by Crippen LogP contribution is 2.40. The van der Waals surface area contributed by atoms with E-state index in [9.17, 15) is 18.0 Å². The van der Waals surface area contributed by atoms with E-state index in [1.54, 1.807) is 0 Å². The van der Waals surface area contributed by atoms with Gasteiger partial charge in [0.1, 0.15) is 5.75 Å². The number of carbonyl (C=O) groups is 1. The highest BCUT2D eigenvalue weighted by Gasteiger charge is 2.47. The molecule has 0 spiro atoms. The van der Waals surface area contributed by atoms with E-state index in [4.69, 9.17) is 9.84 Å². The Hall–Kier alpha value is -2.62. The number of ether oxygens (including phenoxy) is 1. The van der Waals surface area contributed by atoms with Crippen molar-refractivity contribution in [2.45, 2.75) is 64.3 Å². The van der Waals surface area contributed by atoms with E-state index in [-0.39, 0.29) is 30.6 Å². The third-order valence-electron chi connectivity index (χ3n) is 8.40. The molecule has 6 nitrogen and oxygen atoms in total. The lowest BCUT2D eigenvalue weighted by Crippen LogP contribution is -2.49. The lowest BCUT2D eigenvalue weighted by atomic mass is 9.96. The van der Waals surface area contributed by atoms with Crippen molar-refractivity contribution in [1.82, 2.24) is 14.7 Å². The first-order valence-electron chi connectivity index (χ1n) is 13.8. The molecule has 2 aliphatic heterocycles. The summed E-state index contributed by atoms with van der Waals surface area (Å²) in [5.74, 6) is 0.709. The quantitative estimate of drug-likeness (QED) is 0.399. The van der Waals surface area contributed by atoms with Gasteiger partial charge in [0.25, 0.3) is 5.91 Å². The molecule has 0 unspecified atom stereocenters. The lowest BCUT2D eigenvalue weighted by Gasteiger charge is -2.38. The number of aliphatic hydroxyl groups excluding tert-OH is 1. The number of unbranched alkanes of at least 4 members (excludes halogenated alkanes) is 1. The summed E-state index contributed by atoms with van der Waals surface area (Å²) in [4.78, 5) is 19.5. The van der Waals surface area contributed by atoms with Crippen LogP contribution in [0.1, 0.15) is 64.8 Å². The third kappa shape index (κ3) is 6.58. The van der Waals surface area contributed by atoms with Crippen LogP contribution in [0.15, 0.2) is 36.4 Å². The minimum Gasteiger partial charge on any atom is -0.493 e. The minimum absolute atomic E-state index is 0.0627. The van der Waals surface area contributed by atoms with Crippen LogP contribution < -0.4 is 4.74 Å².